The second-order valence-corrected chi connectivity index (χ2v) is 13.3. The number of aliphatic hydroxyl groups is 1. The molecule has 2 aliphatic carbocycles. The third-order valence-corrected chi connectivity index (χ3v) is 10.2. The topological polar surface area (TPSA) is 79.3 Å². The first-order chi connectivity index (χ1) is 20.6. The number of aryl methyl sites for hydroxylation is 1. The number of fused-ring (bicyclic) bond motifs is 4. The van der Waals surface area contributed by atoms with Gasteiger partial charge in [-0.3, -0.25) is 9.59 Å². The van der Waals surface area contributed by atoms with Crippen molar-refractivity contribution < 1.29 is 24.2 Å². The molecule has 2 bridgehead atoms. The van der Waals surface area contributed by atoms with Gasteiger partial charge in [-0.15, -0.1) is 0 Å². The molecule has 1 N–H and O–H groups in total. The molecule has 43 heavy (non-hydrogen) atoms. The van der Waals surface area contributed by atoms with Gasteiger partial charge < -0.3 is 24.4 Å². The predicted molar refractivity (Wildman–Crippen MR) is 170 cm³/mol. The predicted octanol–water partition coefficient (Wildman–Crippen LogP) is 5.90. The van der Waals surface area contributed by atoms with E-state index >= 15 is 0 Å². The third-order valence-electron chi connectivity index (χ3n) is 10.0. The van der Waals surface area contributed by atoms with Gasteiger partial charge in [-0.25, -0.2) is 0 Å². The van der Waals surface area contributed by atoms with Crippen molar-refractivity contribution in [2.75, 3.05) is 45.8 Å². The van der Waals surface area contributed by atoms with Gasteiger partial charge in [-0.05, 0) is 91.3 Å². The number of halogens is 1. The number of hydrogen-bond acceptors (Lipinski definition) is 6. The summed E-state index contributed by atoms with van der Waals surface area (Å²) in [5.41, 5.74) is 4.09. The van der Waals surface area contributed by atoms with Crippen LogP contribution in [0.1, 0.15) is 68.1 Å². The van der Waals surface area contributed by atoms with Crippen LogP contribution in [-0.4, -0.2) is 68.9 Å². The highest BCUT2D eigenvalue weighted by Crippen LogP contribution is 2.44. The number of benzene rings is 2. The van der Waals surface area contributed by atoms with E-state index in [1.807, 2.05) is 36.4 Å². The highest BCUT2D eigenvalue weighted by atomic mass is 35.5. The molecule has 0 spiro atoms. The van der Waals surface area contributed by atoms with Crippen LogP contribution in [0.5, 0.6) is 5.75 Å². The molecule has 7 nitrogen and oxygen atoms in total. The number of aliphatic hydroxyl groups excluding tert-OH is 1. The minimum Gasteiger partial charge on any atom is -0.495 e. The van der Waals surface area contributed by atoms with Gasteiger partial charge in [0.15, 0.2) is 0 Å². The van der Waals surface area contributed by atoms with Crippen LogP contribution in [0.3, 0.4) is 0 Å². The van der Waals surface area contributed by atoms with Crippen LogP contribution < -0.4 is 9.64 Å². The van der Waals surface area contributed by atoms with E-state index in [4.69, 9.17) is 21.1 Å². The Kier molecular flexibility index (Phi) is 9.72. The zero-order valence-electron chi connectivity index (χ0n) is 25.9. The molecule has 0 unspecified atom stereocenters. The van der Waals surface area contributed by atoms with E-state index in [9.17, 15) is 14.7 Å². The summed E-state index contributed by atoms with van der Waals surface area (Å²) >= 11 is 6.40. The molecule has 2 aromatic carbocycles. The lowest BCUT2D eigenvalue weighted by atomic mass is 9.68. The number of esters is 1. The lowest BCUT2D eigenvalue weighted by Crippen LogP contribution is -2.47. The zero-order chi connectivity index (χ0) is 30.7. The molecule has 1 fully saturated rings. The molecule has 3 aliphatic rings. The van der Waals surface area contributed by atoms with E-state index in [-0.39, 0.29) is 23.7 Å². The fourth-order valence-electron chi connectivity index (χ4n) is 7.30. The van der Waals surface area contributed by atoms with Crippen molar-refractivity contribution in [3.05, 3.63) is 70.3 Å². The van der Waals surface area contributed by atoms with Crippen LogP contribution in [0.4, 0.5) is 5.69 Å². The molecule has 8 heteroatoms. The first kappa shape index (κ1) is 31.4. The summed E-state index contributed by atoms with van der Waals surface area (Å²) in [5, 5.41) is 11.9. The summed E-state index contributed by atoms with van der Waals surface area (Å²) in [6, 6.07) is 12.0. The molecule has 5 atom stereocenters. The monoisotopic (exact) mass is 608 g/mol. The third kappa shape index (κ3) is 6.73. The number of ether oxygens (including phenoxy) is 2. The van der Waals surface area contributed by atoms with Crippen LogP contribution in [0.25, 0.3) is 0 Å². The Morgan fingerprint density at radius 3 is 2.70 bits per heavy atom. The molecular weight excluding hydrogens is 564 g/mol. The molecule has 0 aromatic heterocycles. The first-order valence-corrected chi connectivity index (χ1v) is 15.9. The van der Waals surface area contributed by atoms with Gasteiger partial charge in [-0.2, -0.15) is 0 Å². The maximum absolute atomic E-state index is 13.2. The van der Waals surface area contributed by atoms with Gasteiger partial charge in [0.2, 0.25) is 5.91 Å². The summed E-state index contributed by atoms with van der Waals surface area (Å²) in [7, 11) is 4.79. The number of methoxy groups -OCH3 is 2. The van der Waals surface area contributed by atoms with E-state index in [1.54, 1.807) is 19.1 Å². The standard InChI is InChI=1S/C35H45ClN2O5/c1-35(16-7-8-24-18-26(36)12-14-29(24)35)22-38-21-25-10-13-27(25)31(39)9-5-6-17-37(2)33(40)20-28(34(41)43-4)23-11-15-32(42-3)30(38)19-23/h5,9,11-12,14-15,18-19,25,27-28,31,39H,6-8,10,13,16-17,20-22H2,1-4H3/b9-5+/t25-,27+,28+,31-,35-/m0/s1. The number of hydrogen-bond donors (Lipinski definition) is 1. The van der Waals surface area contributed by atoms with Crippen molar-refractivity contribution in [1.29, 1.82) is 0 Å². The maximum Gasteiger partial charge on any atom is 0.313 e. The summed E-state index contributed by atoms with van der Waals surface area (Å²) in [5.74, 6) is -0.121. The number of rotatable bonds is 4. The molecule has 0 radical (unpaired) electrons. The van der Waals surface area contributed by atoms with Crippen molar-refractivity contribution in [2.45, 2.75) is 69.3 Å². The highest BCUT2D eigenvalue weighted by Gasteiger charge is 2.40. The average Bonchev–Trinajstić information content (AvgIpc) is 2.98. The Morgan fingerprint density at radius 1 is 1.16 bits per heavy atom. The van der Waals surface area contributed by atoms with Crippen molar-refractivity contribution in [2.24, 2.45) is 11.8 Å². The number of amides is 1. The Labute approximate surface area is 260 Å². The molecular formula is C35H45ClN2O5. The number of nitrogens with zero attached hydrogens (tertiary/aromatic N) is 2. The lowest BCUT2D eigenvalue weighted by molar-refractivity contribution is -0.145. The molecule has 1 saturated carbocycles. The quantitative estimate of drug-likeness (QED) is 0.344. The maximum atomic E-state index is 13.2. The fraction of sp³-hybridized carbons (Fsp3) is 0.543. The molecule has 5 rings (SSSR count). The van der Waals surface area contributed by atoms with Gasteiger partial charge in [0, 0.05) is 43.5 Å². The normalized spacial score (nSPS) is 28.7. The minimum absolute atomic E-state index is 0.0117. The Hall–Kier alpha value is -3.03. The number of carbonyl (C=O) groups excluding carboxylic acids is 2. The van der Waals surface area contributed by atoms with Gasteiger partial charge in [0.25, 0.3) is 0 Å². The van der Waals surface area contributed by atoms with E-state index in [0.717, 1.165) is 61.5 Å². The summed E-state index contributed by atoms with van der Waals surface area (Å²) in [6.07, 6.45) is 9.12. The summed E-state index contributed by atoms with van der Waals surface area (Å²) < 4.78 is 11.1. The van der Waals surface area contributed by atoms with Crippen molar-refractivity contribution in [1.82, 2.24) is 4.90 Å². The number of carbonyl (C=O) groups is 2. The zero-order valence-corrected chi connectivity index (χ0v) is 26.6. The van der Waals surface area contributed by atoms with Gasteiger partial charge in [0.05, 0.1) is 31.9 Å². The second-order valence-electron chi connectivity index (χ2n) is 12.8. The molecule has 1 heterocycles. The molecule has 0 saturated heterocycles. The Morgan fingerprint density at radius 2 is 1.98 bits per heavy atom. The van der Waals surface area contributed by atoms with Crippen LogP contribution in [-0.2, 0) is 26.2 Å². The van der Waals surface area contributed by atoms with E-state index in [0.29, 0.717) is 24.6 Å². The first-order valence-electron chi connectivity index (χ1n) is 15.5. The van der Waals surface area contributed by atoms with Gasteiger partial charge in [0.1, 0.15) is 5.75 Å². The van der Waals surface area contributed by atoms with Crippen LogP contribution >= 0.6 is 11.6 Å². The largest absolute Gasteiger partial charge is 0.495 e. The molecule has 1 amide bonds. The average molecular weight is 609 g/mol. The summed E-state index contributed by atoms with van der Waals surface area (Å²) in [6.45, 7) is 4.33. The Bertz CT molecular complexity index is 1360. The van der Waals surface area contributed by atoms with E-state index in [2.05, 4.69) is 24.0 Å². The van der Waals surface area contributed by atoms with Crippen LogP contribution in [0.15, 0.2) is 48.6 Å². The van der Waals surface area contributed by atoms with Gasteiger partial charge in [-0.1, -0.05) is 42.8 Å². The highest BCUT2D eigenvalue weighted by molar-refractivity contribution is 6.30. The summed E-state index contributed by atoms with van der Waals surface area (Å²) in [4.78, 5) is 30.4. The SMILES string of the molecule is COC(=O)[C@@H]1CC(=O)N(C)CC/C=C/[C@H](O)[C@@H]2CC[C@H]2CN(C[C@]2(C)CCCc3cc(Cl)ccc32)c2cc1ccc2OC. The van der Waals surface area contributed by atoms with Gasteiger partial charge >= 0.3 is 5.97 Å². The van der Waals surface area contributed by atoms with E-state index < -0.39 is 18.0 Å². The van der Waals surface area contributed by atoms with Crippen LogP contribution in [0, 0.1) is 11.8 Å². The Balaban J connectivity index is 1.60. The molecule has 232 valence electrons. The van der Waals surface area contributed by atoms with Crippen molar-refractivity contribution >= 4 is 29.2 Å². The van der Waals surface area contributed by atoms with Crippen molar-refractivity contribution in [3.8, 4) is 5.75 Å². The number of anilines is 1. The minimum atomic E-state index is -0.735. The van der Waals surface area contributed by atoms with Crippen LogP contribution in [0.2, 0.25) is 5.02 Å². The molecule has 2 aromatic rings. The van der Waals surface area contributed by atoms with E-state index in [1.165, 1.54) is 18.2 Å². The smallest absolute Gasteiger partial charge is 0.313 e. The fourth-order valence-corrected chi connectivity index (χ4v) is 7.50. The second kappa shape index (κ2) is 13.3. The molecule has 1 aliphatic heterocycles. The van der Waals surface area contributed by atoms with Crippen molar-refractivity contribution in [3.63, 3.8) is 0 Å². The lowest BCUT2D eigenvalue weighted by Gasteiger charge is -2.46.